The smallest absolute Gasteiger partial charge is 0.312 e. The number of ether oxygens (including phenoxy) is 2. The van der Waals surface area contributed by atoms with Crippen LogP contribution in [0.2, 0.25) is 0 Å². The highest BCUT2D eigenvalue weighted by Gasteiger charge is 2.14. The minimum Gasteiger partial charge on any atom is -0.481 e. The lowest BCUT2D eigenvalue weighted by molar-refractivity contribution is -0.141. The maximum absolute atomic E-state index is 11.3. The molecule has 1 rings (SSSR count). The molecule has 0 N–H and O–H groups in total. The van der Waals surface area contributed by atoms with Gasteiger partial charge in [0.25, 0.3) is 0 Å². The maximum atomic E-state index is 11.3. The largest absolute Gasteiger partial charge is 0.481 e. The summed E-state index contributed by atoms with van der Waals surface area (Å²) < 4.78 is 9.89. The molecule has 3 nitrogen and oxygen atoms in total. The van der Waals surface area contributed by atoms with Crippen LogP contribution in [0.15, 0.2) is 24.3 Å². The molecule has 0 aliphatic rings. The van der Waals surface area contributed by atoms with Gasteiger partial charge in [0.1, 0.15) is 12.4 Å². The van der Waals surface area contributed by atoms with Gasteiger partial charge in [-0.05, 0) is 24.6 Å². The van der Waals surface area contributed by atoms with Gasteiger partial charge in [-0.3, -0.25) is 4.79 Å². The zero-order valence-corrected chi connectivity index (χ0v) is 9.40. The molecule has 1 atom stereocenters. The van der Waals surface area contributed by atoms with Crippen LogP contribution in [0, 0.1) is 12.3 Å². The molecule has 0 aromatic heterocycles. The minimum atomic E-state index is -0.272. The van der Waals surface area contributed by atoms with E-state index in [1.165, 1.54) is 7.11 Å². The standard InChI is InChI=1S/C13H14O3/c1-4-9-16-12-7-5-11(6-8-12)10(2)13(14)15-3/h1,5-8,10H,9H2,2-3H3/t10-/m0/s1. The Labute approximate surface area is 95.4 Å². The van der Waals surface area contributed by atoms with E-state index in [2.05, 4.69) is 10.7 Å². The molecule has 0 amide bonds. The molecule has 0 fully saturated rings. The van der Waals surface area contributed by atoms with Crippen LogP contribution in [0.4, 0.5) is 0 Å². The number of esters is 1. The van der Waals surface area contributed by atoms with Gasteiger partial charge < -0.3 is 9.47 Å². The van der Waals surface area contributed by atoms with Crippen molar-refractivity contribution >= 4 is 5.97 Å². The number of rotatable bonds is 4. The summed E-state index contributed by atoms with van der Waals surface area (Å²) in [6.07, 6.45) is 5.08. The Morgan fingerprint density at radius 1 is 1.44 bits per heavy atom. The van der Waals surface area contributed by atoms with E-state index in [1.807, 2.05) is 12.1 Å². The summed E-state index contributed by atoms with van der Waals surface area (Å²) >= 11 is 0. The number of benzene rings is 1. The van der Waals surface area contributed by atoms with E-state index >= 15 is 0 Å². The summed E-state index contributed by atoms with van der Waals surface area (Å²) in [5.41, 5.74) is 0.889. The first-order chi connectivity index (χ1) is 7.69. The van der Waals surface area contributed by atoms with Crippen LogP contribution in [0.1, 0.15) is 18.4 Å². The normalized spacial score (nSPS) is 11.3. The summed E-state index contributed by atoms with van der Waals surface area (Å²) in [6, 6.07) is 7.22. The SMILES string of the molecule is C#CCOc1ccc([C@H](C)C(=O)OC)cc1. The van der Waals surface area contributed by atoms with Crippen LogP contribution in [0.5, 0.6) is 5.75 Å². The molecule has 1 aromatic carbocycles. The summed E-state index contributed by atoms with van der Waals surface area (Å²) in [6.45, 7) is 2.04. The average Bonchev–Trinajstić information content (AvgIpc) is 2.35. The second kappa shape index (κ2) is 5.82. The molecular formula is C13H14O3. The van der Waals surface area contributed by atoms with Gasteiger partial charge in [-0.25, -0.2) is 0 Å². The molecule has 84 valence electrons. The van der Waals surface area contributed by atoms with Crippen molar-refractivity contribution in [1.82, 2.24) is 0 Å². The first-order valence-electron chi connectivity index (χ1n) is 4.93. The third kappa shape index (κ3) is 3.03. The molecule has 1 aromatic rings. The highest BCUT2D eigenvalue weighted by molar-refractivity contribution is 5.77. The molecular weight excluding hydrogens is 204 g/mol. The first-order valence-corrected chi connectivity index (χ1v) is 4.93. The Hall–Kier alpha value is -1.95. The monoisotopic (exact) mass is 218 g/mol. The van der Waals surface area contributed by atoms with Crippen LogP contribution in [-0.4, -0.2) is 19.7 Å². The Bertz CT molecular complexity index is 387. The molecule has 0 bridgehead atoms. The number of carbonyl (C=O) groups is 1. The fourth-order valence-electron chi connectivity index (χ4n) is 1.29. The molecule has 3 heteroatoms. The van der Waals surface area contributed by atoms with Crippen molar-refractivity contribution < 1.29 is 14.3 Å². The topological polar surface area (TPSA) is 35.5 Å². The van der Waals surface area contributed by atoms with Gasteiger partial charge in [0.15, 0.2) is 0 Å². The van der Waals surface area contributed by atoms with Crippen LogP contribution >= 0.6 is 0 Å². The van der Waals surface area contributed by atoms with Gasteiger partial charge in [-0.15, -0.1) is 6.42 Å². The van der Waals surface area contributed by atoms with Crippen LogP contribution in [-0.2, 0) is 9.53 Å². The Balaban J connectivity index is 2.71. The minimum absolute atomic E-state index is 0.242. The van der Waals surface area contributed by atoms with Gasteiger partial charge >= 0.3 is 5.97 Å². The maximum Gasteiger partial charge on any atom is 0.312 e. The molecule has 0 unspecified atom stereocenters. The number of hydrogen-bond acceptors (Lipinski definition) is 3. The second-order valence-corrected chi connectivity index (χ2v) is 3.31. The summed E-state index contributed by atoms with van der Waals surface area (Å²) in [5.74, 6) is 2.55. The van der Waals surface area contributed by atoms with Crippen molar-refractivity contribution in [2.75, 3.05) is 13.7 Å². The third-order valence-electron chi connectivity index (χ3n) is 2.26. The Morgan fingerprint density at radius 3 is 2.56 bits per heavy atom. The molecule has 0 aliphatic carbocycles. The van der Waals surface area contributed by atoms with Crippen molar-refractivity contribution in [2.24, 2.45) is 0 Å². The van der Waals surface area contributed by atoms with Crippen molar-refractivity contribution in [3.05, 3.63) is 29.8 Å². The quantitative estimate of drug-likeness (QED) is 0.572. The lowest BCUT2D eigenvalue weighted by Crippen LogP contribution is -2.10. The van der Waals surface area contributed by atoms with Gasteiger partial charge in [0.2, 0.25) is 0 Å². The van der Waals surface area contributed by atoms with Gasteiger partial charge in [0.05, 0.1) is 13.0 Å². The van der Waals surface area contributed by atoms with E-state index in [-0.39, 0.29) is 18.5 Å². The third-order valence-corrected chi connectivity index (χ3v) is 2.26. The van der Waals surface area contributed by atoms with Gasteiger partial charge in [0, 0.05) is 0 Å². The Kier molecular flexibility index (Phi) is 4.41. The molecule has 0 heterocycles. The molecule has 0 spiro atoms. The number of hydrogen-bond donors (Lipinski definition) is 0. The summed E-state index contributed by atoms with van der Waals surface area (Å²) in [4.78, 5) is 11.3. The molecule has 16 heavy (non-hydrogen) atoms. The van der Waals surface area contributed by atoms with Gasteiger partial charge in [-0.2, -0.15) is 0 Å². The Morgan fingerprint density at radius 2 is 2.06 bits per heavy atom. The van der Waals surface area contributed by atoms with E-state index < -0.39 is 0 Å². The zero-order valence-electron chi connectivity index (χ0n) is 9.40. The van der Waals surface area contributed by atoms with E-state index in [9.17, 15) is 4.79 Å². The van der Waals surface area contributed by atoms with Crippen LogP contribution in [0.25, 0.3) is 0 Å². The van der Waals surface area contributed by atoms with Crippen molar-refractivity contribution in [3.63, 3.8) is 0 Å². The van der Waals surface area contributed by atoms with E-state index in [0.717, 1.165) is 5.56 Å². The molecule has 0 radical (unpaired) electrons. The predicted molar refractivity (Wildman–Crippen MR) is 61.2 cm³/mol. The van der Waals surface area contributed by atoms with E-state index in [1.54, 1.807) is 19.1 Å². The lowest BCUT2D eigenvalue weighted by atomic mass is 10.0. The van der Waals surface area contributed by atoms with E-state index in [4.69, 9.17) is 11.2 Å². The fraction of sp³-hybridized carbons (Fsp3) is 0.308. The fourth-order valence-corrected chi connectivity index (χ4v) is 1.29. The van der Waals surface area contributed by atoms with E-state index in [0.29, 0.717) is 5.75 Å². The molecule has 0 saturated heterocycles. The van der Waals surface area contributed by atoms with Crippen molar-refractivity contribution in [2.45, 2.75) is 12.8 Å². The molecule has 0 saturated carbocycles. The summed E-state index contributed by atoms with van der Waals surface area (Å²) in [5, 5.41) is 0. The number of terminal acetylenes is 1. The van der Waals surface area contributed by atoms with Crippen molar-refractivity contribution in [3.8, 4) is 18.1 Å². The van der Waals surface area contributed by atoms with Crippen LogP contribution in [0.3, 0.4) is 0 Å². The second-order valence-electron chi connectivity index (χ2n) is 3.31. The highest BCUT2D eigenvalue weighted by atomic mass is 16.5. The zero-order chi connectivity index (χ0) is 12.0. The predicted octanol–water partition coefficient (Wildman–Crippen LogP) is 1.98. The highest BCUT2D eigenvalue weighted by Crippen LogP contribution is 2.20. The lowest BCUT2D eigenvalue weighted by Gasteiger charge is -2.10. The first kappa shape index (κ1) is 12.1. The van der Waals surface area contributed by atoms with Crippen LogP contribution < -0.4 is 4.74 Å². The summed E-state index contributed by atoms with van der Waals surface area (Å²) in [7, 11) is 1.38. The number of methoxy groups -OCH3 is 1. The van der Waals surface area contributed by atoms with Gasteiger partial charge in [-0.1, -0.05) is 18.1 Å². The average molecular weight is 218 g/mol. The molecule has 0 aliphatic heterocycles. The van der Waals surface area contributed by atoms with Crippen molar-refractivity contribution in [1.29, 1.82) is 0 Å². The number of carbonyl (C=O) groups excluding carboxylic acids is 1.